The van der Waals surface area contributed by atoms with Gasteiger partial charge >= 0.3 is 0 Å². The molecule has 0 spiro atoms. The molecule has 0 aliphatic carbocycles. The summed E-state index contributed by atoms with van der Waals surface area (Å²) in [4.78, 5) is 13.5. The second-order valence-electron chi connectivity index (χ2n) is 4.82. The zero-order valence-electron chi connectivity index (χ0n) is 11.8. The Bertz CT molecular complexity index is 468. The Morgan fingerprint density at radius 2 is 2.21 bits per heavy atom. The van der Waals surface area contributed by atoms with Gasteiger partial charge in [-0.25, -0.2) is 0 Å². The molecule has 4 nitrogen and oxygen atoms in total. The molecule has 0 unspecified atom stereocenters. The number of thiocarbonyl (C=S) groups is 1. The van der Waals surface area contributed by atoms with Crippen molar-refractivity contribution < 1.29 is 4.79 Å². The lowest BCUT2D eigenvalue weighted by Gasteiger charge is -2.25. The van der Waals surface area contributed by atoms with Crippen LogP contribution in [-0.4, -0.2) is 22.6 Å². The van der Waals surface area contributed by atoms with Gasteiger partial charge in [-0.2, -0.15) is 0 Å². The van der Waals surface area contributed by atoms with Gasteiger partial charge in [0.15, 0.2) is 5.11 Å². The number of nitrogens with two attached hydrogens (primary N) is 1. The van der Waals surface area contributed by atoms with Gasteiger partial charge in [-0.15, -0.1) is 11.3 Å². The number of nitrogens with one attached hydrogen (secondary N) is 1. The number of thiophene rings is 1. The van der Waals surface area contributed by atoms with Crippen molar-refractivity contribution in [2.75, 3.05) is 6.54 Å². The molecular formula is C13H21N3OS2. The number of hydrogen-bond donors (Lipinski definition) is 2. The topological polar surface area (TPSA) is 58.4 Å². The summed E-state index contributed by atoms with van der Waals surface area (Å²) in [7, 11) is 0. The Balaban J connectivity index is 2.84. The summed E-state index contributed by atoms with van der Waals surface area (Å²) >= 11 is 6.55. The highest BCUT2D eigenvalue weighted by atomic mass is 32.1. The van der Waals surface area contributed by atoms with Gasteiger partial charge in [0.2, 0.25) is 0 Å². The van der Waals surface area contributed by atoms with Gasteiger partial charge in [-0.3, -0.25) is 15.2 Å². The number of carbonyl (C=O) groups excluding carboxylic acids is 1. The van der Waals surface area contributed by atoms with Crippen LogP contribution in [0.15, 0.2) is 5.38 Å². The average Bonchev–Trinajstić information content (AvgIpc) is 2.68. The number of carbonyl (C=O) groups is 1. The quantitative estimate of drug-likeness (QED) is 0.662. The first-order chi connectivity index (χ1) is 8.86. The maximum Gasteiger partial charge on any atom is 0.270 e. The molecule has 0 fully saturated rings. The van der Waals surface area contributed by atoms with Crippen molar-refractivity contribution in [2.24, 2.45) is 11.7 Å². The fraction of sp³-hybridized carbons (Fsp3) is 0.538. The van der Waals surface area contributed by atoms with Crippen molar-refractivity contribution >= 4 is 34.6 Å². The van der Waals surface area contributed by atoms with Crippen LogP contribution >= 0.6 is 23.6 Å². The van der Waals surface area contributed by atoms with Gasteiger partial charge in [0.1, 0.15) is 0 Å². The Morgan fingerprint density at radius 3 is 2.68 bits per heavy atom. The fourth-order valence-electron chi connectivity index (χ4n) is 1.85. The summed E-state index contributed by atoms with van der Waals surface area (Å²) in [6, 6.07) is 0. The molecule has 0 aliphatic rings. The fourth-order valence-corrected chi connectivity index (χ4v) is 2.91. The predicted molar refractivity (Wildman–Crippen MR) is 84.2 cm³/mol. The lowest BCUT2D eigenvalue weighted by Crippen LogP contribution is -2.50. The van der Waals surface area contributed by atoms with E-state index in [1.807, 2.05) is 33.1 Å². The number of aryl methyl sites for hydroxylation is 1. The number of hydrogen-bond acceptors (Lipinski definition) is 3. The number of hydrazine groups is 1. The smallest absolute Gasteiger partial charge is 0.270 e. The minimum Gasteiger partial charge on any atom is -0.375 e. The van der Waals surface area contributed by atoms with Gasteiger partial charge in [-0.1, -0.05) is 20.8 Å². The maximum absolute atomic E-state index is 12.3. The molecule has 0 radical (unpaired) electrons. The summed E-state index contributed by atoms with van der Waals surface area (Å²) in [5.74, 6) is 0.214. The van der Waals surface area contributed by atoms with Crippen molar-refractivity contribution in [1.82, 2.24) is 10.4 Å². The molecule has 1 aromatic heterocycles. The monoisotopic (exact) mass is 299 g/mol. The van der Waals surface area contributed by atoms with Crippen LogP contribution in [-0.2, 0) is 6.42 Å². The molecule has 1 amide bonds. The van der Waals surface area contributed by atoms with E-state index in [0.717, 1.165) is 17.5 Å². The summed E-state index contributed by atoms with van der Waals surface area (Å²) in [5.41, 5.74) is 10.2. The van der Waals surface area contributed by atoms with E-state index in [9.17, 15) is 4.79 Å². The van der Waals surface area contributed by atoms with E-state index in [0.29, 0.717) is 12.5 Å². The van der Waals surface area contributed by atoms with E-state index >= 15 is 0 Å². The van der Waals surface area contributed by atoms with Gasteiger partial charge in [0.25, 0.3) is 5.91 Å². The first-order valence-electron chi connectivity index (χ1n) is 6.31. The molecule has 0 saturated carbocycles. The van der Waals surface area contributed by atoms with E-state index in [-0.39, 0.29) is 11.0 Å². The lowest BCUT2D eigenvalue weighted by molar-refractivity contribution is 0.0862. The SMILES string of the molecule is CCc1c(C(=O)NN(CC(C)C)C(N)=S)csc1C. The number of amides is 1. The van der Waals surface area contributed by atoms with Crippen molar-refractivity contribution in [3.8, 4) is 0 Å². The predicted octanol–water partition coefficient (Wildman–Crippen LogP) is 2.47. The molecule has 1 aromatic rings. The van der Waals surface area contributed by atoms with Crippen LogP contribution in [0.5, 0.6) is 0 Å². The van der Waals surface area contributed by atoms with Crippen molar-refractivity contribution in [1.29, 1.82) is 0 Å². The van der Waals surface area contributed by atoms with Crippen LogP contribution in [0.25, 0.3) is 0 Å². The van der Waals surface area contributed by atoms with Crippen molar-refractivity contribution in [3.63, 3.8) is 0 Å². The molecule has 6 heteroatoms. The molecule has 19 heavy (non-hydrogen) atoms. The van der Waals surface area contributed by atoms with E-state index in [4.69, 9.17) is 18.0 Å². The normalized spacial score (nSPS) is 10.6. The number of nitrogens with zero attached hydrogens (tertiary/aromatic N) is 1. The number of rotatable bonds is 4. The lowest BCUT2D eigenvalue weighted by atomic mass is 10.1. The summed E-state index contributed by atoms with van der Waals surface area (Å²) in [6.07, 6.45) is 0.843. The zero-order chi connectivity index (χ0) is 14.6. The van der Waals surface area contributed by atoms with Crippen molar-refractivity contribution in [3.05, 3.63) is 21.4 Å². The standard InChI is InChI=1S/C13H21N3OS2/c1-5-10-9(4)19-7-11(10)12(17)15-16(13(14)18)6-8(2)3/h7-8H,5-6H2,1-4H3,(H2,14,18)(H,15,17). The van der Waals surface area contributed by atoms with Crippen LogP contribution < -0.4 is 11.2 Å². The molecule has 106 valence electrons. The molecule has 1 heterocycles. The van der Waals surface area contributed by atoms with Gasteiger partial charge < -0.3 is 5.73 Å². The minimum absolute atomic E-state index is 0.144. The van der Waals surface area contributed by atoms with Crippen LogP contribution in [0.1, 0.15) is 41.6 Å². The first kappa shape index (κ1) is 15.9. The molecule has 0 saturated heterocycles. The van der Waals surface area contributed by atoms with Crippen LogP contribution in [0.3, 0.4) is 0 Å². The van der Waals surface area contributed by atoms with Gasteiger partial charge in [0, 0.05) is 16.8 Å². The largest absolute Gasteiger partial charge is 0.375 e. The third-order valence-electron chi connectivity index (χ3n) is 2.75. The second kappa shape index (κ2) is 6.86. The second-order valence-corrected chi connectivity index (χ2v) is 6.32. The van der Waals surface area contributed by atoms with E-state index in [2.05, 4.69) is 5.43 Å². The molecule has 1 rings (SSSR count). The molecule has 0 bridgehead atoms. The summed E-state index contributed by atoms with van der Waals surface area (Å²) < 4.78 is 0. The average molecular weight is 299 g/mol. The molecule has 0 aromatic carbocycles. The van der Waals surface area contributed by atoms with Gasteiger partial charge in [-0.05, 0) is 37.0 Å². The third kappa shape index (κ3) is 4.18. The van der Waals surface area contributed by atoms with E-state index in [1.165, 1.54) is 9.89 Å². The van der Waals surface area contributed by atoms with E-state index in [1.54, 1.807) is 11.3 Å². The Morgan fingerprint density at radius 1 is 1.58 bits per heavy atom. The summed E-state index contributed by atoms with van der Waals surface area (Å²) in [5, 5.41) is 3.61. The minimum atomic E-state index is -0.144. The highest BCUT2D eigenvalue weighted by Crippen LogP contribution is 2.22. The first-order valence-corrected chi connectivity index (χ1v) is 7.60. The maximum atomic E-state index is 12.3. The highest BCUT2D eigenvalue weighted by molar-refractivity contribution is 7.80. The van der Waals surface area contributed by atoms with Crippen LogP contribution in [0.2, 0.25) is 0 Å². The van der Waals surface area contributed by atoms with Gasteiger partial charge in [0.05, 0.1) is 5.56 Å². The van der Waals surface area contributed by atoms with Crippen LogP contribution in [0.4, 0.5) is 0 Å². The Labute approximate surface area is 123 Å². The zero-order valence-corrected chi connectivity index (χ0v) is 13.5. The Hall–Kier alpha value is -1.14. The summed E-state index contributed by atoms with van der Waals surface area (Å²) in [6.45, 7) is 8.77. The molecule has 3 N–H and O–H groups in total. The van der Waals surface area contributed by atoms with E-state index < -0.39 is 0 Å². The molecule has 0 aliphatic heterocycles. The molecular weight excluding hydrogens is 278 g/mol. The Kier molecular flexibility index (Phi) is 5.75. The van der Waals surface area contributed by atoms with Crippen LogP contribution in [0, 0.1) is 12.8 Å². The molecule has 0 atom stereocenters. The third-order valence-corrected chi connectivity index (χ3v) is 3.93. The van der Waals surface area contributed by atoms with Crippen molar-refractivity contribution in [2.45, 2.75) is 34.1 Å². The highest BCUT2D eigenvalue weighted by Gasteiger charge is 2.18.